The minimum Gasteiger partial charge on any atom is -0.284 e. The highest BCUT2D eigenvalue weighted by Gasteiger charge is 2.43. The summed E-state index contributed by atoms with van der Waals surface area (Å²) in [7, 11) is 1.74. The van der Waals surface area contributed by atoms with E-state index >= 15 is 0 Å². The lowest BCUT2D eigenvalue weighted by Gasteiger charge is -2.22. The van der Waals surface area contributed by atoms with E-state index in [1.165, 1.54) is 0 Å². The number of urea groups is 1. The molecule has 1 aromatic rings. The van der Waals surface area contributed by atoms with Gasteiger partial charge in [-0.3, -0.25) is 19.4 Å². The van der Waals surface area contributed by atoms with Crippen molar-refractivity contribution in [1.82, 2.24) is 14.7 Å². The molecule has 0 aliphatic carbocycles. The number of hydrogen-bond donors (Lipinski definition) is 0. The van der Waals surface area contributed by atoms with Crippen LogP contribution in [-0.4, -0.2) is 52.8 Å². The van der Waals surface area contributed by atoms with Gasteiger partial charge >= 0.3 is 17.8 Å². The zero-order valence-electron chi connectivity index (χ0n) is 12.2. The van der Waals surface area contributed by atoms with Crippen LogP contribution in [0.4, 0.5) is 4.79 Å². The quantitative estimate of drug-likeness (QED) is 0.607. The van der Waals surface area contributed by atoms with Crippen LogP contribution in [0.5, 0.6) is 0 Å². The molecule has 0 spiro atoms. The Kier molecular flexibility index (Phi) is 5.05. The summed E-state index contributed by atoms with van der Waals surface area (Å²) in [6.45, 7) is 2.30. The van der Waals surface area contributed by atoms with Crippen LogP contribution in [0.1, 0.15) is 12.5 Å². The molecule has 1 aromatic carbocycles. The maximum Gasteiger partial charge on any atom is 0.335 e. The second-order valence-corrected chi connectivity index (χ2v) is 5.78. The number of nitrogens with zero attached hydrogens (tertiary/aromatic N) is 3. The fourth-order valence-corrected chi connectivity index (χ4v) is 2.52. The number of imide groups is 2. The first-order chi connectivity index (χ1) is 10.3. The number of likely N-dealkylation sites (N-methyl/N-ethyl adjacent to an activating group) is 1. The summed E-state index contributed by atoms with van der Waals surface area (Å²) in [5.41, 5.74) is 0.884. The number of amides is 4. The average molecular weight is 344 g/mol. The van der Waals surface area contributed by atoms with Crippen LogP contribution >= 0.6 is 23.2 Å². The van der Waals surface area contributed by atoms with Crippen molar-refractivity contribution in [3.8, 4) is 0 Å². The second-order valence-electron chi connectivity index (χ2n) is 4.97. The van der Waals surface area contributed by atoms with Crippen LogP contribution in [0.3, 0.4) is 0 Å². The smallest absolute Gasteiger partial charge is 0.284 e. The van der Waals surface area contributed by atoms with Crippen molar-refractivity contribution in [2.24, 2.45) is 0 Å². The van der Waals surface area contributed by atoms with Gasteiger partial charge in [0.1, 0.15) is 0 Å². The summed E-state index contributed by atoms with van der Waals surface area (Å²) in [6, 6.07) is 4.62. The van der Waals surface area contributed by atoms with E-state index in [1.54, 1.807) is 31.0 Å². The molecule has 118 valence electrons. The van der Waals surface area contributed by atoms with Gasteiger partial charge in [0.2, 0.25) is 0 Å². The Morgan fingerprint density at radius 2 is 1.68 bits per heavy atom. The first kappa shape index (κ1) is 16.7. The molecule has 0 unspecified atom stereocenters. The van der Waals surface area contributed by atoms with Gasteiger partial charge < -0.3 is 0 Å². The van der Waals surface area contributed by atoms with E-state index in [0.717, 1.165) is 15.4 Å². The molecule has 1 aliphatic rings. The molecule has 1 aliphatic heterocycles. The van der Waals surface area contributed by atoms with Gasteiger partial charge in [-0.1, -0.05) is 29.3 Å². The van der Waals surface area contributed by atoms with Gasteiger partial charge in [-0.15, -0.1) is 0 Å². The SMILES string of the molecule is CCN1C(=O)C(=O)N(CN(C)Cc2ccc(Cl)c(Cl)c2)C1=O. The van der Waals surface area contributed by atoms with Gasteiger partial charge in [0.25, 0.3) is 0 Å². The van der Waals surface area contributed by atoms with Crippen molar-refractivity contribution >= 4 is 41.0 Å². The molecule has 1 saturated heterocycles. The molecule has 6 nitrogen and oxygen atoms in total. The predicted octanol–water partition coefficient (Wildman–Crippen LogP) is 2.19. The van der Waals surface area contributed by atoms with Gasteiger partial charge in [-0.2, -0.15) is 0 Å². The summed E-state index contributed by atoms with van der Waals surface area (Å²) >= 11 is 11.8. The lowest BCUT2D eigenvalue weighted by atomic mass is 10.2. The zero-order chi connectivity index (χ0) is 16.4. The van der Waals surface area contributed by atoms with E-state index in [0.29, 0.717) is 16.6 Å². The normalized spacial score (nSPS) is 15.4. The Morgan fingerprint density at radius 1 is 1.05 bits per heavy atom. The molecule has 22 heavy (non-hydrogen) atoms. The van der Waals surface area contributed by atoms with Crippen LogP contribution in [0.2, 0.25) is 10.0 Å². The largest absolute Gasteiger partial charge is 0.335 e. The summed E-state index contributed by atoms with van der Waals surface area (Å²) in [5, 5.41) is 0.899. The summed E-state index contributed by atoms with van der Waals surface area (Å²) in [6.07, 6.45) is 0. The van der Waals surface area contributed by atoms with E-state index in [2.05, 4.69) is 0 Å². The number of rotatable bonds is 5. The van der Waals surface area contributed by atoms with Gasteiger partial charge in [0.05, 0.1) is 16.7 Å². The maximum absolute atomic E-state index is 12.0. The Balaban J connectivity index is 2.04. The third-order valence-electron chi connectivity index (χ3n) is 3.27. The number of carbonyl (C=O) groups is 3. The van der Waals surface area contributed by atoms with Crippen molar-refractivity contribution < 1.29 is 14.4 Å². The van der Waals surface area contributed by atoms with Gasteiger partial charge in [-0.25, -0.2) is 9.69 Å². The molecular weight excluding hydrogens is 329 g/mol. The number of halogens is 2. The van der Waals surface area contributed by atoms with Crippen LogP contribution in [0.15, 0.2) is 18.2 Å². The molecule has 0 saturated carbocycles. The van der Waals surface area contributed by atoms with Crippen molar-refractivity contribution in [2.75, 3.05) is 20.3 Å². The third-order valence-corrected chi connectivity index (χ3v) is 4.01. The fraction of sp³-hybridized carbons (Fsp3) is 0.357. The molecule has 4 amide bonds. The first-order valence-electron chi connectivity index (χ1n) is 6.65. The fourth-order valence-electron chi connectivity index (χ4n) is 2.20. The van der Waals surface area contributed by atoms with Crippen molar-refractivity contribution in [2.45, 2.75) is 13.5 Å². The lowest BCUT2D eigenvalue weighted by Crippen LogP contribution is -2.40. The monoisotopic (exact) mass is 343 g/mol. The molecule has 8 heteroatoms. The molecule has 1 fully saturated rings. The first-order valence-corrected chi connectivity index (χ1v) is 7.40. The Labute approximate surface area is 138 Å². The Bertz CT molecular complexity index is 636. The molecular formula is C14H15Cl2N3O3. The minimum absolute atomic E-state index is 0.0279. The van der Waals surface area contributed by atoms with Crippen molar-refractivity contribution in [3.63, 3.8) is 0 Å². The Hall–Kier alpha value is -1.63. The zero-order valence-corrected chi connectivity index (χ0v) is 13.7. The average Bonchev–Trinajstić information content (AvgIpc) is 2.66. The Morgan fingerprint density at radius 3 is 2.23 bits per heavy atom. The second kappa shape index (κ2) is 6.64. The minimum atomic E-state index is -0.798. The summed E-state index contributed by atoms with van der Waals surface area (Å²) in [5.74, 6) is -1.58. The van der Waals surface area contributed by atoms with Crippen LogP contribution in [0, 0.1) is 0 Å². The van der Waals surface area contributed by atoms with Gasteiger partial charge in [0, 0.05) is 13.1 Å². The predicted molar refractivity (Wildman–Crippen MR) is 82.4 cm³/mol. The van der Waals surface area contributed by atoms with E-state index in [-0.39, 0.29) is 13.2 Å². The van der Waals surface area contributed by atoms with E-state index in [1.807, 2.05) is 6.07 Å². The molecule has 2 rings (SSSR count). The van der Waals surface area contributed by atoms with Crippen molar-refractivity contribution in [1.29, 1.82) is 0 Å². The van der Waals surface area contributed by atoms with E-state index in [4.69, 9.17) is 23.2 Å². The highest BCUT2D eigenvalue weighted by molar-refractivity contribution is 6.44. The van der Waals surface area contributed by atoms with Crippen molar-refractivity contribution in [3.05, 3.63) is 33.8 Å². The van der Waals surface area contributed by atoms with E-state index in [9.17, 15) is 14.4 Å². The maximum atomic E-state index is 12.0. The topological polar surface area (TPSA) is 60.9 Å². The van der Waals surface area contributed by atoms with Crippen LogP contribution in [-0.2, 0) is 16.1 Å². The highest BCUT2D eigenvalue weighted by Crippen LogP contribution is 2.23. The van der Waals surface area contributed by atoms with Gasteiger partial charge in [-0.05, 0) is 31.7 Å². The highest BCUT2D eigenvalue weighted by atomic mass is 35.5. The van der Waals surface area contributed by atoms with Crippen LogP contribution < -0.4 is 0 Å². The number of hydrogen-bond acceptors (Lipinski definition) is 4. The standard InChI is InChI=1S/C14H15Cl2N3O3/c1-3-18-12(20)13(21)19(14(18)22)8-17(2)7-9-4-5-10(15)11(16)6-9/h4-6H,3,7-8H2,1-2H3. The third kappa shape index (κ3) is 3.24. The number of carbonyl (C=O) groups excluding carboxylic acids is 3. The molecule has 1 heterocycles. The summed E-state index contributed by atoms with van der Waals surface area (Å²) < 4.78 is 0. The molecule has 0 aromatic heterocycles. The lowest BCUT2D eigenvalue weighted by molar-refractivity contribution is -0.143. The molecule has 0 N–H and O–H groups in total. The molecule has 0 radical (unpaired) electrons. The summed E-state index contributed by atoms with van der Waals surface area (Å²) in [4.78, 5) is 39.0. The van der Waals surface area contributed by atoms with E-state index < -0.39 is 17.8 Å². The van der Waals surface area contributed by atoms with Gasteiger partial charge in [0.15, 0.2) is 0 Å². The molecule has 0 atom stereocenters. The molecule has 0 bridgehead atoms. The number of benzene rings is 1. The van der Waals surface area contributed by atoms with Crippen LogP contribution in [0.25, 0.3) is 0 Å².